The first kappa shape index (κ1) is 25.1. The molecule has 3 heteroatoms. The van der Waals surface area contributed by atoms with Crippen LogP contribution in [0, 0.1) is 5.92 Å². The van der Waals surface area contributed by atoms with E-state index in [1.807, 2.05) is 12.3 Å². The molecule has 2 aliphatic carbocycles. The number of rotatable bonds is 10. The number of pyridine rings is 1. The molecule has 2 fully saturated rings. The van der Waals surface area contributed by atoms with Gasteiger partial charge >= 0.3 is 0 Å². The fourth-order valence-electron chi connectivity index (χ4n) is 5.19. The van der Waals surface area contributed by atoms with Crippen molar-refractivity contribution in [2.45, 2.75) is 90.1 Å². The maximum atomic E-state index is 4.61. The Morgan fingerprint density at radius 2 is 1.82 bits per heavy atom. The van der Waals surface area contributed by atoms with Crippen LogP contribution in [0.3, 0.4) is 0 Å². The molecule has 1 aromatic rings. The van der Waals surface area contributed by atoms with Gasteiger partial charge in [0.25, 0.3) is 0 Å². The summed E-state index contributed by atoms with van der Waals surface area (Å²) in [6, 6.07) is 5.45. The van der Waals surface area contributed by atoms with Gasteiger partial charge in [0.05, 0.1) is 0 Å². The van der Waals surface area contributed by atoms with Crippen LogP contribution in [0.2, 0.25) is 0 Å². The molecule has 0 saturated heterocycles. The van der Waals surface area contributed by atoms with E-state index in [1.165, 1.54) is 68.9 Å². The van der Waals surface area contributed by atoms with Gasteiger partial charge in [-0.25, -0.2) is 4.98 Å². The van der Waals surface area contributed by atoms with E-state index in [2.05, 4.69) is 73.1 Å². The molecular weight excluding hydrogens is 402 g/mol. The summed E-state index contributed by atoms with van der Waals surface area (Å²) in [7, 11) is 0. The van der Waals surface area contributed by atoms with Crippen LogP contribution in [0.1, 0.15) is 77.2 Å². The summed E-state index contributed by atoms with van der Waals surface area (Å²) < 4.78 is 0. The molecule has 2 N–H and O–H groups in total. The van der Waals surface area contributed by atoms with Gasteiger partial charge in [-0.3, -0.25) is 0 Å². The van der Waals surface area contributed by atoms with Crippen LogP contribution in [-0.4, -0.2) is 17.1 Å². The molecule has 2 aliphatic rings. The molecule has 2 atom stereocenters. The number of aromatic nitrogens is 1. The normalized spacial score (nSPS) is 21.8. The summed E-state index contributed by atoms with van der Waals surface area (Å²) in [5.74, 6) is 1.89. The Bertz CT molecular complexity index is 864. The molecule has 0 bridgehead atoms. The number of anilines is 1. The van der Waals surface area contributed by atoms with Crippen LogP contribution in [0.25, 0.3) is 0 Å². The van der Waals surface area contributed by atoms with Crippen LogP contribution < -0.4 is 10.6 Å². The van der Waals surface area contributed by atoms with Crippen molar-refractivity contribution in [3.63, 3.8) is 0 Å². The van der Waals surface area contributed by atoms with Crippen molar-refractivity contribution in [3.05, 3.63) is 84.3 Å². The summed E-state index contributed by atoms with van der Waals surface area (Å²) in [4.78, 5) is 4.61. The molecule has 0 spiro atoms. The zero-order valence-electron chi connectivity index (χ0n) is 20.8. The molecule has 178 valence electrons. The van der Waals surface area contributed by atoms with Gasteiger partial charge in [-0.05, 0) is 86.6 Å². The summed E-state index contributed by atoms with van der Waals surface area (Å²) in [5.41, 5.74) is 4.87. The van der Waals surface area contributed by atoms with Gasteiger partial charge in [-0.1, -0.05) is 75.5 Å². The molecule has 1 heterocycles. The topological polar surface area (TPSA) is 37.0 Å². The number of hydrogen-bond donors (Lipinski definition) is 2. The van der Waals surface area contributed by atoms with E-state index >= 15 is 0 Å². The van der Waals surface area contributed by atoms with E-state index in [9.17, 15) is 0 Å². The van der Waals surface area contributed by atoms with E-state index in [0.29, 0.717) is 12.1 Å². The molecule has 2 unspecified atom stereocenters. The Morgan fingerprint density at radius 3 is 2.55 bits per heavy atom. The standard InChI is InChI=1S/C30H43N3/c1-5-6-13-29(23(2)3)24(4)16-18-31-27-14-15-28(22-27)33-30-21-26(17-19-32-30)20-25-11-9-7-8-10-12-25/h5-6,13,16-19,21,25,27-28,31H,1,4,7-12,14-15,20,22H2,2-3H3,(H,32,33)/b13-6-,18-16+. The van der Waals surface area contributed by atoms with Crippen molar-refractivity contribution in [3.8, 4) is 0 Å². The van der Waals surface area contributed by atoms with Crippen molar-refractivity contribution in [1.82, 2.24) is 10.3 Å². The fourth-order valence-corrected chi connectivity index (χ4v) is 5.19. The zero-order valence-corrected chi connectivity index (χ0v) is 20.8. The summed E-state index contributed by atoms with van der Waals surface area (Å²) in [6.07, 6.45) is 25.0. The Labute approximate surface area is 201 Å². The van der Waals surface area contributed by atoms with E-state index in [-0.39, 0.29) is 0 Å². The summed E-state index contributed by atoms with van der Waals surface area (Å²) >= 11 is 0. The predicted molar refractivity (Wildman–Crippen MR) is 143 cm³/mol. The smallest absolute Gasteiger partial charge is 0.126 e. The first-order chi connectivity index (χ1) is 16.0. The third-order valence-electron chi connectivity index (χ3n) is 7.01. The minimum absolute atomic E-state index is 0.476. The SMILES string of the molecule is C=C/C=C\C(C(=C)/C=C/NC1CCC(Nc2cc(CC3CCCCCC3)ccn2)C1)=C(C)C. The lowest BCUT2D eigenvalue weighted by molar-refractivity contribution is 0.458. The predicted octanol–water partition coefficient (Wildman–Crippen LogP) is 7.67. The fraction of sp³-hybridized carbons (Fsp3) is 0.500. The van der Waals surface area contributed by atoms with Crippen molar-refractivity contribution < 1.29 is 0 Å². The second-order valence-electron chi connectivity index (χ2n) is 10.00. The van der Waals surface area contributed by atoms with Crippen LogP contribution in [0.4, 0.5) is 5.82 Å². The number of nitrogens with one attached hydrogen (secondary N) is 2. The van der Waals surface area contributed by atoms with Gasteiger partial charge in [-0.2, -0.15) is 0 Å². The van der Waals surface area contributed by atoms with Gasteiger partial charge in [0.15, 0.2) is 0 Å². The highest BCUT2D eigenvalue weighted by Gasteiger charge is 2.24. The second kappa shape index (κ2) is 13.2. The second-order valence-corrected chi connectivity index (χ2v) is 10.00. The molecule has 0 aromatic carbocycles. The lowest BCUT2D eigenvalue weighted by atomic mass is 9.93. The minimum Gasteiger partial charge on any atom is -0.388 e. The third kappa shape index (κ3) is 8.38. The lowest BCUT2D eigenvalue weighted by Crippen LogP contribution is -2.24. The van der Waals surface area contributed by atoms with Crippen LogP contribution in [-0.2, 0) is 6.42 Å². The van der Waals surface area contributed by atoms with Crippen molar-refractivity contribution in [1.29, 1.82) is 0 Å². The number of allylic oxidation sites excluding steroid dienone is 7. The van der Waals surface area contributed by atoms with E-state index in [4.69, 9.17) is 0 Å². The molecule has 3 rings (SSSR count). The largest absolute Gasteiger partial charge is 0.388 e. The van der Waals surface area contributed by atoms with E-state index in [1.54, 1.807) is 6.08 Å². The van der Waals surface area contributed by atoms with Crippen LogP contribution >= 0.6 is 0 Å². The van der Waals surface area contributed by atoms with Gasteiger partial charge < -0.3 is 10.6 Å². The maximum Gasteiger partial charge on any atom is 0.126 e. The van der Waals surface area contributed by atoms with Gasteiger partial charge in [0.1, 0.15) is 5.82 Å². The Balaban J connectivity index is 1.47. The first-order valence-corrected chi connectivity index (χ1v) is 12.8. The number of hydrogen-bond acceptors (Lipinski definition) is 3. The Kier molecular flexibility index (Phi) is 10.1. The molecule has 0 aliphatic heterocycles. The van der Waals surface area contributed by atoms with Gasteiger partial charge in [-0.15, -0.1) is 0 Å². The highest BCUT2D eigenvalue weighted by atomic mass is 15.0. The molecule has 1 aromatic heterocycles. The highest BCUT2D eigenvalue weighted by Crippen LogP contribution is 2.27. The van der Waals surface area contributed by atoms with Crippen LogP contribution in [0.15, 0.2) is 78.7 Å². The zero-order chi connectivity index (χ0) is 23.5. The van der Waals surface area contributed by atoms with Crippen LogP contribution in [0.5, 0.6) is 0 Å². The summed E-state index contributed by atoms with van der Waals surface area (Å²) in [5, 5.41) is 7.28. The van der Waals surface area contributed by atoms with Gasteiger partial charge in [0, 0.05) is 18.3 Å². The third-order valence-corrected chi connectivity index (χ3v) is 7.01. The molecule has 3 nitrogen and oxygen atoms in total. The monoisotopic (exact) mass is 445 g/mol. The molecule has 33 heavy (non-hydrogen) atoms. The maximum absolute atomic E-state index is 4.61. The summed E-state index contributed by atoms with van der Waals surface area (Å²) in [6.45, 7) is 12.2. The highest BCUT2D eigenvalue weighted by molar-refractivity contribution is 5.47. The molecule has 0 amide bonds. The van der Waals surface area contributed by atoms with Crippen molar-refractivity contribution >= 4 is 5.82 Å². The van der Waals surface area contributed by atoms with Crippen molar-refractivity contribution in [2.75, 3.05) is 5.32 Å². The van der Waals surface area contributed by atoms with Crippen molar-refractivity contribution in [2.24, 2.45) is 5.92 Å². The van der Waals surface area contributed by atoms with E-state index in [0.717, 1.165) is 29.3 Å². The number of nitrogens with zero attached hydrogens (tertiary/aromatic N) is 1. The van der Waals surface area contributed by atoms with E-state index < -0.39 is 0 Å². The molecule has 2 saturated carbocycles. The molecule has 0 radical (unpaired) electrons. The lowest BCUT2D eigenvalue weighted by Gasteiger charge is -2.17. The average Bonchev–Trinajstić information content (AvgIpc) is 3.07. The minimum atomic E-state index is 0.476. The molecular formula is C30H43N3. The Hall–Kier alpha value is -2.55. The Morgan fingerprint density at radius 1 is 1.06 bits per heavy atom. The first-order valence-electron chi connectivity index (χ1n) is 12.8. The average molecular weight is 446 g/mol. The quantitative estimate of drug-likeness (QED) is 0.287. The van der Waals surface area contributed by atoms with Gasteiger partial charge in [0.2, 0.25) is 0 Å².